The van der Waals surface area contributed by atoms with Gasteiger partial charge in [-0.2, -0.15) is 11.8 Å². The number of anilines is 1. The first-order chi connectivity index (χ1) is 8.16. The molecule has 0 bridgehead atoms. The Bertz CT molecular complexity index is 417. The van der Waals surface area contributed by atoms with Gasteiger partial charge in [0.05, 0.1) is 10.7 Å². The Labute approximate surface area is 117 Å². The number of hydrogen-bond acceptors (Lipinski definition) is 2. The van der Waals surface area contributed by atoms with E-state index in [1.807, 2.05) is 36.9 Å². The highest BCUT2D eigenvalue weighted by molar-refractivity contribution is 7.99. The van der Waals surface area contributed by atoms with Gasteiger partial charge in [-0.3, -0.25) is 0 Å². The SMILES string of the molecule is Cc1ccc(NC(=S)N2CCSCC2)c(Cl)c1. The lowest BCUT2D eigenvalue weighted by atomic mass is 10.2. The van der Waals surface area contributed by atoms with Crippen LogP contribution in [-0.2, 0) is 0 Å². The number of nitrogens with one attached hydrogen (secondary N) is 1. The highest BCUT2D eigenvalue weighted by Gasteiger charge is 2.14. The molecule has 0 spiro atoms. The average Bonchev–Trinajstić information content (AvgIpc) is 2.34. The summed E-state index contributed by atoms with van der Waals surface area (Å²) in [6.45, 7) is 4.05. The van der Waals surface area contributed by atoms with Gasteiger partial charge in [0.1, 0.15) is 0 Å². The van der Waals surface area contributed by atoms with Crippen molar-refractivity contribution in [2.24, 2.45) is 0 Å². The fraction of sp³-hybridized carbons (Fsp3) is 0.417. The van der Waals surface area contributed by atoms with Crippen LogP contribution in [0.3, 0.4) is 0 Å². The van der Waals surface area contributed by atoms with Crippen LogP contribution < -0.4 is 5.32 Å². The van der Waals surface area contributed by atoms with Crippen LogP contribution in [0.1, 0.15) is 5.56 Å². The monoisotopic (exact) mass is 286 g/mol. The maximum absolute atomic E-state index is 6.17. The third-order valence-electron chi connectivity index (χ3n) is 2.66. The second kappa shape index (κ2) is 5.94. The predicted octanol–water partition coefficient (Wildman–Crippen LogP) is 3.39. The lowest BCUT2D eigenvalue weighted by Gasteiger charge is -2.29. The first kappa shape index (κ1) is 13.0. The maximum Gasteiger partial charge on any atom is 0.173 e. The van der Waals surface area contributed by atoms with Gasteiger partial charge in [0.15, 0.2) is 5.11 Å². The Kier molecular flexibility index (Phi) is 4.54. The predicted molar refractivity (Wildman–Crippen MR) is 81.3 cm³/mol. The Hall–Kier alpha value is -0.450. The van der Waals surface area contributed by atoms with Crippen molar-refractivity contribution >= 4 is 46.4 Å². The normalized spacial score (nSPS) is 15.8. The summed E-state index contributed by atoms with van der Waals surface area (Å²) >= 11 is 13.5. The van der Waals surface area contributed by atoms with E-state index < -0.39 is 0 Å². The molecule has 0 aliphatic carbocycles. The van der Waals surface area contributed by atoms with E-state index in [9.17, 15) is 0 Å². The molecule has 1 aliphatic rings. The van der Waals surface area contributed by atoms with Gasteiger partial charge in [-0.15, -0.1) is 0 Å². The fourth-order valence-corrected chi connectivity index (χ4v) is 3.16. The summed E-state index contributed by atoms with van der Waals surface area (Å²) in [5.74, 6) is 2.28. The molecule has 0 unspecified atom stereocenters. The minimum atomic E-state index is 0.721. The van der Waals surface area contributed by atoms with E-state index in [2.05, 4.69) is 10.2 Å². The van der Waals surface area contributed by atoms with Crippen LogP contribution in [0, 0.1) is 6.92 Å². The highest BCUT2D eigenvalue weighted by atomic mass is 35.5. The van der Waals surface area contributed by atoms with Gasteiger partial charge in [0, 0.05) is 24.6 Å². The van der Waals surface area contributed by atoms with E-state index in [-0.39, 0.29) is 0 Å². The van der Waals surface area contributed by atoms with Crippen molar-refractivity contribution in [3.05, 3.63) is 28.8 Å². The van der Waals surface area contributed by atoms with Gasteiger partial charge in [0.2, 0.25) is 0 Å². The fourth-order valence-electron chi connectivity index (χ4n) is 1.68. The first-order valence-electron chi connectivity index (χ1n) is 5.56. The van der Waals surface area contributed by atoms with Crippen LogP contribution in [0.5, 0.6) is 0 Å². The zero-order valence-electron chi connectivity index (χ0n) is 9.70. The molecule has 1 aromatic rings. The van der Waals surface area contributed by atoms with E-state index >= 15 is 0 Å². The summed E-state index contributed by atoms with van der Waals surface area (Å²) in [5, 5.41) is 4.72. The molecule has 5 heteroatoms. The molecule has 1 aliphatic heterocycles. The Morgan fingerprint density at radius 2 is 2.12 bits per heavy atom. The number of benzene rings is 1. The second-order valence-corrected chi connectivity index (χ2v) is 6.03. The van der Waals surface area contributed by atoms with E-state index in [1.165, 1.54) is 0 Å². The lowest BCUT2D eigenvalue weighted by Crippen LogP contribution is -2.40. The third kappa shape index (κ3) is 3.50. The van der Waals surface area contributed by atoms with E-state index in [0.29, 0.717) is 0 Å². The van der Waals surface area contributed by atoms with Crippen molar-refractivity contribution in [1.82, 2.24) is 4.90 Å². The Morgan fingerprint density at radius 3 is 2.76 bits per heavy atom. The molecule has 2 rings (SSSR count). The van der Waals surface area contributed by atoms with E-state index in [0.717, 1.165) is 46.0 Å². The number of nitrogens with zero attached hydrogens (tertiary/aromatic N) is 1. The number of aryl methyl sites for hydroxylation is 1. The van der Waals surface area contributed by atoms with Gasteiger partial charge in [-0.25, -0.2) is 0 Å². The molecule has 92 valence electrons. The van der Waals surface area contributed by atoms with Crippen molar-refractivity contribution in [3.8, 4) is 0 Å². The minimum absolute atomic E-state index is 0.721. The van der Waals surface area contributed by atoms with Crippen LogP contribution in [0.2, 0.25) is 5.02 Å². The maximum atomic E-state index is 6.17. The van der Waals surface area contributed by atoms with Gasteiger partial charge in [-0.1, -0.05) is 17.7 Å². The molecule has 1 fully saturated rings. The molecule has 1 saturated heterocycles. The smallest absolute Gasteiger partial charge is 0.173 e. The zero-order valence-corrected chi connectivity index (χ0v) is 12.1. The summed E-state index contributed by atoms with van der Waals surface area (Å²) < 4.78 is 0. The zero-order chi connectivity index (χ0) is 12.3. The van der Waals surface area contributed by atoms with Crippen LogP contribution in [-0.4, -0.2) is 34.6 Å². The lowest BCUT2D eigenvalue weighted by molar-refractivity contribution is 0.470. The molecule has 2 nitrogen and oxygen atoms in total. The summed E-state index contributed by atoms with van der Waals surface area (Å²) in [6, 6.07) is 5.95. The highest BCUT2D eigenvalue weighted by Crippen LogP contribution is 2.23. The standard InChI is InChI=1S/C12H15ClN2S2/c1-9-2-3-11(10(13)8-9)14-12(16)15-4-6-17-7-5-15/h2-3,8H,4-7H2,1H3,(H,14,16). The van der Waals surface area contributed by atoms with E-state index in [1.54, 1.807) is 0 Å². The summed E-state index contributed by atoms with van der Waals surface area (Å²) in [7, 11) is 0. The molecule has 0 amide bonds. The quantitative estimate of drug-likeness (QED) is 0.796. The number of thioether (sulfide) groups is 1. The summed E-state index contributed by atoms with van der Waals surface area (Å²) in [5.41, 5.74) is 2.04. The van der Waals surface area contributed by atoms with Crippen molar-refractivity contribution < 1.29 is 0 Å². The minimum Gasteiger partial charge on any atom is -0.347 e. The van der Waals surface area contributed by atoms with Gasteiger partial charge < -0.3 is 10.2 Å². The Morgan fingerprint density at radius 1 is 1.41 bits per heavy atom. The molecule has 1 heterocycles. The van der Waals surface area contributed by atoms with Crippen molar-refractivity contribution in [2.75, 3.05) is 29.9 Å². The molecule has 0 saturated carbocycles. The average molecular weight is 287 g/mol. The van der Waals surface area contributed by atoms with Gasteiger partial charge in [-0.05, 0) is 36.8 Å². The molecule has 17 heavy (non-hydrogen) atoms. The number of hydrogen-bond donors (Lipinski definition) is 1. The molecule has 0 aromatic heterocycles. The first-order valence-corrected chi connectivity index (χ1v) is 7.51. The largest absolute Gasteiger partial charge is 0.347 e. The summed E-state index contributed by atoms with van der Waals surface area (Å²) in [6.07, 6.45) is 0. The van der Waals surface area contributed by atoms with Crippen LogP contribution in [0.15, 0.2) is 18.2 Å². The van der Waals surface area contributed by atoms with Crippen LogP contribution in [0.4, 0.5) is 5.69 Å². The van der Waals surface area contributed by atoms with Crippen molar-refractivity contribution in [1.29, 1.82) is 0 Å². The second-order valence-electron chi connectivity index (χ2n) is 4.01. The molecule has 1 N–H and O–H groups in total. The van der Waals surface area contributed by atoms with E-state index in [4.69, 9.17) is 23.8 Å². The topological polar surface area (TPSA) is 15.3 Å². The molecule has 0 radical (unpaired) electrons. The third-order valence-corrected chi connectivity index (χ3v) is 4.28. The molecular formula is C12H15ClN2S2. The van der Waals surface area contributed by atoms with Crippen LogP contribution >= 0.6 is 35.6 Å². The Balaban J connectivity index is 2.02. The molecular weight excluding hydrogens is 272 g/mol. The molecule has 1 aromatic carbocycles. The van der Waals surface area contributed by atoms with Crippen molar-refractivity contribution in [3.63, 3.8) is 0 Å². The van der Waals surface area contributed by atoms with Gasteiger partial charge >= 0.3 is 0 Å². The number of thiocarbonyl (C=S) groups is 1. The number of rotatable bonds is 1. The van der Waals surface area contributed by atoms with Crippen molar-refractivity contribution in [2.45, 2.75) is 6.92 Å². The van der Waals surface area contributed by atoms with Gasteiger partial charge in [0.25, 0.3) is 0 Å². The number of halogens is 1. The van der Waals surface area contributed by atoms with Crippen LogP contribution in [0.25, 0.3) is 0 Å². The summed E-state index contributed by atoms with van der Waals surface area (Å²) in [4.78, 5) is 2.20. The molecule has 0 atom stereocenters.